The molecule has 1 rings (SSSR count). The predicted molar refractivity (Wildman–Crippen MR) is 71.7 cm³/mol. The molecule has 1 heterocycles. The van der Waals surface area contributed by atoms with Crippen LogP contribution in [-0.2, 0) is 4.79 Å². The fourth-order valence-electron chi connectivity index (χ4n) is 2.74. The second kappa shape index (κ2) is 7.70. The summed E-state index contributed by atoms with van der Waals surface area (Å²) in [6.07, 6.45) is 6.83. The Morgan fingerprint density at radius 1 is 1.35 bits per heavy atom. The molecule has 3 nitrogen and oxygen atoms in total. The van der Waals surface area contributed by atoms with Crippen molar-refractivity contribution in [3.05, 3.63) is 0 Å². The zero-order valence-corrected chi connectivity index (χ0v) is 11.5. The molecular weight excluding hydrogens is 212 g/mol. The maximum absolute atomic E-state index is 12.3. The average molecular weight is 240 g/mol. The third kappa shape index (κ3) is 4.30. The molecule has 3 heteroatoms. The summed E-state index contributed by atoms with van der Waals surface area (Å²) in [6, 6.07) is 0. The Balaban J connectivity index is 2.50. The summed E-state index contributed by atoms with van der Waals surface area (Å²) < 4.78 is 0. The highest BCUT2D eigenvalue weighted by molar-refractivity contribution is 5.79. The predicted octanol–water partition coefficient (Wildman–Crippen LogP) is 2.40. The molecular formula is C14H28N2O. The van der Waals surface area contributed by atoms with Gasteiger partial charge in [0.1, 0.15) is 0 Å². The van der Waals surface area contributed by atoms with Gasteiger partial charge in [-0.1, -0.05) is 26.7 Å². The first kappa shape index (κ1) is 14.5. The molecule has 0 aromatic rings. The molecule has 1 amide bonds. The third-order valence-corrected chi connectivity index (χ3v) is 4.01. The lowest BCUT2D eigenvalue weighted by Gasteiger charge is -2.25. The quantitative estimate of drug-likeness (QED) is 0.802. The zero-order chi connectivity index (χ0) is 12.7. The molecule has 17 heavy (non-hydrogen) atoms. The van der Waals surface area contributed by atoms with Crippen LogP contribution in [0.5, 0.6) is 0 Å². The van der Waals surface area contributed by atoms with E-state index in [1.165, 1.54) is 19.3 Å². The lowest BCUT2D eigenvalue weighted by molar-refractivity contribution is -0.135. The fraction of sp³-hybridized carbons (Fsp3) is 0.929. The van der Waals surface area contributed by atoms with E-state index >= 15 is 0 Å². The second-order valence-corrected chi connectivity index (χ2v) is 5.25. The molecule has 1 saturated heterocycles. The third-order valence-electron chi connectivity index (χ3n) is 4.01. The number of hydrogen-bond donors (Lipinski definition) is 1. The van der Waals surface area contributed by atoms with Crippen molar-refractivity contribution < 1.29 is 4.79 Å². The molecule has 0 saturated carbocycles. The molecule has 100 valence electrons. The Labute approximate surface area is 106 Å². The molecule has 0 aromatic carbocycles. The molecule has 0 aliphatic carbocycles. The minimum absolute atomic E-state index is 0.0539. The van der Waals surface area contributed by atoms with Gasteiger partial charge >= 0.3 is 0 Å². The lowest BCUT2D eigenvalue weighted by Crippen LogP contribution is -2.39. The smallest absolute Gasteiger partial charge is 0.226 e. The highest BCUT2D eigenvalue weighted by Crippen LogP contribution is 2.21. The number of rotatable bonds is 5. The maximum Gasteiger partial charge on any atom is 0.226 e. The standard InChI is InChI=1S/C14H28N2O/c1-3-6-13(11-15)14(17)16-9-5-7-12(4-2)8-10-16/h12-13H,3-11,15H2,1-2H3. The van der Waals surface area contributed by atoms with E-state index in [1.54, 1.807) is 0 Å². The summed E-state index contributed by atoms with van der Waals surface area (Å²) >= 11 is 0. The van der Waals surface area contributed by atoms with Crippen molar-refractivity contribution in [3.8, 4) is 0 Å². The van der Waals surface area contributed by atoms with E-state index in [1.807, 2.05) is 0 Å². The molecule has 0 radical (unpaired) electrons. The number of carbonyl (C=O) groups excluding carboxylic acids is 1. The fourth-order valence-corrected chi connectivity index (χ4v) is 2.74. The van der Waals surface area contributed by atoms with Crippen LogP contribution < -0.4 is 5.73 Å². The zero-order valence-electron chi connectivity index (χ0n) is 11.5. The largest absolute Gasteiger partial charge is 0.342 e. The SMILES string of the molecule is CCCC(CN)C(=O)N1CCCC(CC)CC1. The number of nitrogens with two attached hydrogens (primary N) is 1. The molecule has 1 aliphatic rings. The van der Waals surface area contributed by atoms with E-state index in [-0.39, 0.29) is 5.92 Å². The topological polar surface area (TPSA) is 46.3 Å². The van der Waals surface area contributed by atoms with Gasteiger partial charge in [-0.05, 0) is 31.6 Å². The maximum atomic E-state index is 12.3. The van der Waals surface area contributed by atoms with Gasteiger partial charge in [0, 0.05) is 19.6 Å². The Bertz CT molecular complexity index is 230. The van der Waals surface area contributed by atoms with Crippen molar-refractivity contribution in [1.29, 1.82) is 0 Å². The molecule has 1 aliphatic heterocycles. The van der Waals surface area contributed by atoms with Crippen LogP contribution in [0.2, 0.25) is 0 Å². The van der Waals surface area contributed by atoms with Crippen molar-refractivity contribution in [2.45, 2.75) is 52.4 Å². The highest BCUT2D eigenvalue weighted by Gasteiger charge is 2.24. The first-order valence-corrected chi connectivity index (χ1v) is 7.21. The molecule has 2 atom stereocenters. The van der Waals surface area contributed by atoms with Crippen LogP contribution in [0.15, 0.2) is 0 Å². The monoisotopic (exact) mass is 240 g/mol. The van der Waals surface area contributed by atoms with Gasteiger partial charge in [0.25, 0.3) is 0 Å². The average Bonchev–Trinajstić information content (AvgIpc) is 2.60. The Morgan fingerprint density at radius 3 is 2.71 bits per heavy atom. The summed E-state index contributed by atoms with van der Waals surface area (Å²) in [5, 5.41) is 0. The molecule has 0 aromatic heterocycles. The van der Waals surface area contributed by atoms with E-state index in [0.29, 0.717) is 12.5 Å². The van der Waals surface area contributed by atoms with E-state index in [9.17, 15) is 4.79 Å². The van der Waals surface area contributed by atoms with Crippen molar-refractivity contribution in [2.75, 3.05) is 19.6 Å². The Hall–Kier alpha value is -0.570. The molecule has 1 fully saturated rings. The van der Waals surface area contributed by atoms with Gasteiger partial charge < -0.3 is 10.6 Å². The van der Waals surface area contributed by atoms with E-state index in [2.05, 4.69) is 18.7 Å². The van der Waals surface area contributed by atoms with E-state index in [0.717, 1.165) is 38.3 Å². The van der Waals surface area contributed by atoms with Crippen LogP contribution in [-0.4, -0.2) is 30.4 Å². The number of hydrogen-bond acceptors (Lipinski definition) is 2. The van der Waals surface area contributed by atoms with Crippen molar-refractivity contribution in [1.82, 2.24) is 4.90 Å². The molecule has 2 N–H and O–H groups in total. The Kier molecular flexibility index (Phi) is 6.56. The number of amides is 1. The number of nitrogens with zero attached hydrogens (tertiary/aromatic N) is 1. The van der Waals surface area contributed by atoms with Crippen LogP contribution in [0.3, 0.4) is 0 Å². The first-order chi connectivity index (χ1) is 8.22. The number of likely N-dealkylation sites (tertiary alicyclic amines) is 1. The second-order valence-electron chi connectivity index (χ2n) is 5.25. The minimum Gasteiger partial charge on any atom is -0.342 e. The van der Waals surface area contributed by atoms with E-state index in [4.69, 9.17) is 5.73 Å². The minimum atomic E-state index is 0.0539. The Morgan fingerprint density at radius 2 is 2.12 bits per heavy atom. The van der Waals surface area contributed by atoms with E-state index < -0.39 is 0 Å². The van der Waals surface area contributed by atoms with Gasteiger partial charge in [0.05, 0.1) is 5.92 Å². The first-order valence-electron chi connectivity index (χ1n) is 7.21. The summed E-state index contributed by atoms with van der Waals surface area (Å²) in [5.74, 6) is 1.17. The van der Waals surface area contributed by atoms with Gasteiger partial charge in [-0.2, -0.15) is 0 Å². The van der Waals surface area contributed by atoms with Crippen molar-refractivity contribution >= 4 is 5.91 Å². The van der Waals surface area contributed by atoms with Gasteiger partial charge in [0.2, 0.25) is 5.91 Å². The van der Waals surface area contributed by atoms with Crippen molar-refractivity contribution in [3.63, 3.8) is 0 Å². The van der Waals surface area contributed by atoms with Gasteiger partial charge in [-0.25, -0.2) is 0 Å². The molecule has 0 spiro atoms. The molecule has 0 bridgehead atoms. The summed E-state index contributed by atoms with van der Waals surface area (Å²) in [5.41, 5.74) is 5.71. The van der Waals surface area contributed by atoms with Gasteiger partial charge in [0.15, 0.2) is 0 Å². The van der Waals surface area contributed by atoms with Gasteiger partial charge in [-0.3, -0.25) is 4.79 Å². The van der Waals surface area contributed by atoms with Crippen LogP contribution in [0, 0.1) is 11.8 Å². The number of carbonyl (C=O) groups is 1. The van der Waals surface area contributed by atoms with Crippen LogP contribution in [0.25, 0.3) is 0 Å². The van der Waals surface area contributed by atoms with Gasteiger partial charge in [-0.15, -0.1) is 0 Å². The molecule has 2 unspecified atom stereocenters. The van der Waals surface area contributed by atoms with Crippen molar-refractivity contribution in [2.24, 2.45) is 17.6 Å². The van der Waals surface area contributed by atoms with Crippen LogP contribution in [0.1, 0.15) is 52.4 Å². The summed E-state index contributed by atoms with van der Waals surface area (Å²) in [6.45, 7) is 6.75. The summed E-state index contributed by atoms with van der Waals surface area (Å²) in [4.78, 5) is 14.4. The summed E-state index contributed by atoms with van der Waals surface area (Å²) in [7, 11) is 0. The lowest BCUT2D eigenvalue weighted by atomic mass is 9.98. The van der Waals surface area contributed by atoms with Crippen LogP contribution >= 0.6 is 0 Å². The van der Waals surface area contributed by atoms with Crippen LogP contribution in [0.4, 0.5) is 0 Å². The highest BCUT2D eigenvalue weighted by atomic mass is 16.2. The normalized spacial score (nSPS) is 23.2.